The minimum absolute atomic E-state index is 0.0818. The molecule has 1 heterocycles. The highest BCUT2D eigenvalue weighted by molar-refractivity contribution is 5.90. The van der Waals surface area contributed by atoms with E-state index in [1.54, 1.807) is 36.4 Å². The van der Waals surface area contributed by atoms with Crippen LogP contribution in [0.3, 0.4) is 0 Å². The number of ether oxygens (including phenoxy) is 1. The van der Waals surface area contributed by atoms with Crippen molar-refractivity contribution in [1.82, 2.24) is 5.43 Å². The van der Waals surface area contributed by atoms with E-state index < -0.39 is 11.0 Å². The molecule has 0 unspecified atom stereocenters. The third-order valence-electron chi connectivity index (χ3n) is 3.68. The predicted molar refractivity (Wildman–Crippen MR) is 104 cm³/mol. The Hall–Kier alpha value is -4.14. The molecule has 3 rings (SSSR count). The van der Waals surface area contributed by atoms with Gasteiger partial charge >= 0.3 is 6.03 Å². The molecule has 2 amide bonds. The number of anilines is 1. The van der Waals surface area contributed by atoms with Gasteiger partial charge in [0.1, 0.15) is 17.3 Å². The van der Waals surface area contributed by atoms with Gasteiger partial charge in [-0.05, 0) is 30.3 Å². The van der Waals surface area contributed by atoms with Crippen molar-refractivity contribution in [2.45, 2.75) is 0 Å². The number of non-ortho nitro benzene ring substituents is 1. The van der Waals surface area contributed by atoms with Crippen molar-refractivity contribution >= 4 is 23.6 Å². The third kappa shape index (κ3) is 4.52. The van der Waals surface area contributed by atoms with Crippen LogP contribution >= 0.6 is 0 Å². The molecule has 0 radical (unpaired) electrons. The molecule has 1 aromatic heterocycles. The van der Waals surface area contributed by atoms with Crippen molar-refractivity contribution < 1.29 is 18.9 Å². The van der Waals surface area contributed by atoms with Crippen molar-refractivity contribution in [2.24, 2.45) is 5.10 Å². The zero-order valence-corrected chi connectivity index (χ0v) is 14.8. The molecule has 2 N–H and O–H groups in total. The Balaban J connectivity index is 1.69. The van der Waals surface area contributed by atoms with Crippen LogP contribution in [0.25, 0.3) is 11.3 Å². The molecule has 0 atom stereocenters. The number of nitrogens with one attached hydrogen (secondary N) is 2. The molecule has 0 aliphatic heterocycles. The fourth-order valence-electron chi connectivity index (χ4n) is 2.40. The fraction of sp³-hybridized carbons (Fsp3) is 0.0526. The molecule has 2 aromatic carbocycles. The third-order valence-corrected chi connectivity index (χ3v) is 3.68. The first-order valence-electron chi connectivity index (χ1n) is 8.14. The number of amides is 2. The van der Waals surface area contributed by atoms with E-state index in [4.69, 9.17) is 9.15 Å². The van der Waals surface area contributed by atoms with Gasteiger partial charge in [-0.15, -0.1) is 0 Å². The van der Waals surface area contributed by atoms with Crippen LogP contribution in [0.4, 0.5) is 16.2 Å². The molecule has 0 saturated carbocycles. The predicted octanol–water partition coefficient (Wildman–Crippen LogP) is 4.02. The second kappa shape index (κ2) is 8.49. The van der Waals surface area contributed by atoms with E-state index >= 15 is 0 Å². The van der Waals surface area contributed by atoms with Crippen LogP contribution < -0.4 is 15.5 Å². The summed E-state index contributed by atoms with van der Waals surface area (Å²) in [5.74, 6) is 1.16. The maximum atomic E-state index is 11.8. The van der Waals surface area contributed by atoms with Gasteiger partial charge in [0.05, 0.1) is 23.8 Å². The molecule has 0 aliphatic carbocycles. The number of carbonyl (C=O) groups excluding carboxylic acids is 1. The molecule has 28 heavy (non-hydrogen) atoms. The molecule has 0 fully saturated rings. The highest BCUT2D eigenvalue weighted by Gasteiger charge is 2.15. The number of rotatable bonds is 6. The zero-order chi connectivity index (χ0) is 19.9. The standard InChI is InChI=1S/C19H16N4O5/c1-27-17-9-7-14(23(25)26)11-16(17)18-10-8-15(28-18)12-20-22-19(24)21-13-5-3-2-4-6-13/h2-12H,1H3,(H2,21,22,24). The summed E-state index contributed by atoms with van der Waals surface area (Å²) in [6.07, 6.45) is 1.32. The van der Waals surface area contributed by atoms with Crippen LogP contribution in [0.15, 0.2) is 70.2 Å². The van der Waals surface area contributed by atoms with Gasteiger partial charge in [0, 0.05) is 17.8 Å². The number of methoxy groups -OCH3 is 1. The first-order valence-corrected chi connectivity index (χ1v) is 8.14. The maximum Gasteiger partial charge on any atom is 0.339 e. The van der Waals surface area contributed by atoms with Gasteiger partial charge in [-0.1, -0.05) is 18.2 Å². The summed E-state index contributed by atoms with van der Waals surface area (Å²) in [4.78, 5) is 22.3. The highest BCUT2D eigenvalue weighted by atomic mass is 16.6. The van der Waals surface area contributed by atoms with Crippen LogP contribution in [-0.4, -0.2) is 24.3 Å². The maximum absolute atomic E-state index is 11.8. The second-order valence-corrected chi connectivity index (χ2v) is 5.53. The van der Waals surface area contributed by atoms with E-state index in [-0.39, 0.29) is 5.69 Å². The van der Waals surface area contributed by atoms with Crippen LogP contribution in [-0.2, 0) is 0 Å². The smallest absolute Gasteiger partial charge is 0.339 e. The molecule has 9 heteroatoms. The number of hydrazone groups is 1. The molecule has 0 aliphatic rings. The van der Waals surface area contributed by atoms with Gasteiger partial charge < -0.3 is 14.5 Å². The Morgan fingerprint density at radius 3 is 2.68 bits per heavy atom. The Morgan fingerprint density at radius 1 is 1.18 bits per heavy atom. The van der Waals surface area contributed by atoms with Crippen LogP contribution in [0.2, 0.25) is 0 Å². The largest absolute Gasteiger partial charge is 0.496 e. The number of para-hydroxylation sites is 1. The molecule has 0 spiro atoms. The first kappa shape index (κ1) is 18.6. The van der Waals surface area contributed by atoms with E-state index in [0.717, 1.165) is 0 Å². The van der Waals surface area contributed by atoms with E-state index in [2.05, 4.69) is 15.8 Å². The van der Waals surface area contributed by atoms with Crippen molar-refractivity contribution in [2.75, 3.05) is 12.4 Å². The van der Waals surface area contributed by atoms with Crippen molar-refractivity contribution in [1.29, 1.82) is 0 Å². The molecule has 3 aromatic rings. The number of hydrogen-bond donors (Lipinski definition) is 2. The summed E-state index contributed by atoms with van der Waals surface area (Å²) in [5.41, 5.74) is 3.31. The van der Waals surface area contributed by atoms with Crippen LogP contribution in [0, 0.1) is 10.1 Å². The number of carbonyl (C=O) groups is 1. The van der Waals surface area contributed by atoms with E-state index in [1.807, 2.05) is 6.07 Å². The van der Waals surface area contributed by atoms with Gasteiger partial charge in [-0.2, -0.15) is 5.10 Å². The minimum Gasteiger partial charge on any atom is -0.496 e. The molecule has 142 valence electrons. The molecule has 0 saturated heterocycles. The monoisotopic (exact) mass is 380 g/mol. The quantitative estimate of drug-likeness (QED) is 0.380. The molecular weight excluding hydrogens is 364 g/mol. The molecular formula is C19H16N4O5. The minimum atomic E-state index is -0.505. The van der Waals surface area contributed by atoms with E-state index in [9.17, 15) is 14.9 Å². The van der Waals surface area contributed by atoms with Gasteiger partial charge in [0.15, 0.2) is 0 Å². The number of nitro benzene ring substituents is 1. The van der Waals surface area contributed by atoms with Crippen LogP contribution in [0.5, 0.6) is 5.75 Å². The number of urea groups is 1. The summed E-state index contributed by atoms with van der Waals surface area (Å²) in [6, 6.07) is 15.9. The Labute approximate surface area is 159 Å². The highest BCUT2D eigenvalue weighted by Crippen LogP contribution is 2.34. The Kier molecular flexibility index (Phi) is 5.66. The van der Waals surface area contributed by atoms with Crippen LogP contribution in [0.1, 0.15) is 5.76 Å². The first-order chi connectivity index (χ1) is 13.6. The van der Waals surface area contributed by atoms with Crippen molar-refractivity contribution in [3.05, 3.63) is 76.5 Å². The Morgan fingerprint density at radius 2 is 1.96 bits per heavy atom. The summed E-state index contributed by atoms with van der Waals surface area (Å²) in [5, 5.41) is 17.4. The zero-order valence-electron chi connectivity index (χ0n) is 14.8. The van der Waals surface area contributed by atoms with Gasteiger partial charge in [-0.3, -0.25) is 10.1 Å². The van der Waals surface area contributed by atoms with Crippen molar-refractivity contribution in [3.8, 4) is 17.1 Å². The second-order valence-electron chi connectivity index (χ2n) is 5.53. The summed E-state index contributed by atoms with van der Waals surface area (Å²) < 4.78 is 10.9. The lowest BCUT2D eigenvalue weighted by Crippen LogP contribution is -2.24. The summed E-state index contributed by atoms with van der Waals surface area (Å²) in [7, 11) is 1.46. The number of nitrogens with zero attached hydrogens (tertiary/aromatic N) is 2. The number of nitro groups is 1. The molecule has 0 bridgehead atoms. The lowest BCUT2D eigenvalue weighted by atomic mass is 10.1. The lowest BCUT2D eigenvalue weighted by Gasteiger charge is -2.05. The van der Waals surface area contributed by atoms with E-state index in [1.165, 1.54) is 31.5 Å². The Bertz CT molecular complexity index is 1010. The topological polar surface area (TPSA) is 119 Å². The van der Waals surface area contributed by atoms with Gasteiger partial charge in [0.25, 0.3) is 5.69 Å². The normalized spacial score (nSPS) is 10.6. The van der Waals surface area contributed by atoms with Crippen molar-refractivity contribution in [3.63, 3.8) is 0 Å². The fourth-order valence-corrected chi connectivity index (χ4v) is 2.40. The number of furan rings is 1. The number of benzene rings is 2. The summed E-state index contributed by atoms with van der Waals surface area (Å²) in [6.45, 7) is 0. The average Bonchev–Trinajstić information content (AvgIpc) is 3.17. The number of hydrogen-bond acceptors (Lipinski definition) is 6. The SMILES string of the molecule is COc1ccc([N+](=O)[O-])cc1-c1ccc(C=NNC(=O)Nc2ccccc2)o1. The average molecular weight is 380 g/mol. The summed E-state index contributed by atoms with van der Waals surface area (Å²) >= 11 is 0. The van der Waals surface area contributed by atoms with Gasteiger partial charge in [0.2, 0.25) is 0 Å². The van der Waals surface area contributed by atoms with Gasteiger partial charge in [-0.25, -0.2) is 10.2 Å². The molecule has 9 nitrogen and oxygen atoms in total. The lowest BCUT2D eigenvalue weighted by molar-refractivity contribution is -0.384. The van der Waals surface area contributed by atoms with E-state index in [0.29, 0.717) is 28.5 Å².